The molecule has 3 N–H and O–H groups in total. The predicted molar refractivity (Wildman–Crippen MR) is 102 cm³/mol. The molecule has 1 amide bonds. The lowest BCUT2D eigenvalue weighted by atomic mass is 10.1. The second kappa shape index (κ2) is 7.05. The van der Waals surface area contributed by atoms with Gasteiger partial charge in [-0.25, -0.2) is 0 Å². The van der Waals surface area contributed by atoms with Gasteiger partial charge in [0.2, 0.25) is 5.91 Å². The first-order chi connectivity index (χ1) is 12.0. The number of fused-ring (bicyclic) bond motifs is 1. The van der Waals surface area contributed by atoms with Crippen LogP contribution in [0.3, 0.4) is 0 Å². The summed E-state index contributed by atoms with van der Waals surface area (Å²) in [5.41, 5.74) is 9.47. The number of carbonyl (C=O) groups excluding carboxylic acids is 1. The molecule has 5 nitrogen and oxygen atoms in total. The minimum absolute atomic E-state index is 0.00612. The van der Waals surface area contributed by atoms with Gasteiger partial charge < -0.3 is 20.7 Å². The van der Waals surface area contributed by atoms with Gasteiger partial charge in [0.1, 0.15) is 17.9 Å². The molecule has 0 aromatic heterocycles. The fourth-order valence-electron chi connectivity index (χ4n) is 3.07. The summed E-state index contributed by atoms with van der Waals surface area (Å²) in [4.78, 5) is 14.8. The van der Waals surface area contributed by atoms with Gasteiger partial charge in [0.05, 0.1) is 12.2 Å². The van der Waals surface area contributed by atoms with E-state index in [2.05, 4.69) is 17.1 Å². The summed E-state index contributed by atoms with van der Waals surface area (Å²) in [7, 11) is 0. The maximum absolute atomic E-state index is 12.7. The van der Waals surface area contributed by atoms with Crippen LogP contribution in [-0.2, 0) is 11.2 Å². The smallest absolute Gasteiger partial charge is 0.246 e. The van der Waals surface area contributed by atoms with E-state index in [0.717, 1.165) is 23.5 Å². The number of carbonyl (C=O) groups is 1. The number of nitrogens with zero attached hydrogens (tertiary/aromatic N) is 1. The number of rotatable bonds is 4. The van der Waals surface area contributed by atoms with E-state index in [-0.39, 0.29) is 18.1 Å². The molecule has 3 rings (SSSR count). The van der Waals surface area contributed by atoms with Crippen LogP contribution >= 0.6 is 0 Å². The molecular formula is C20H25N3O2. The molecule has 2 aromatic carbocycles. The summed E-state index contributed by atoms with van der Waals surface area (Å²) in [6.45, 7) is 6.67. The summed E-state index contributed by atoms with van der Waals surface area (Å²) in [5, 5.41) is 3.00. The minimum atomic E-state index is -0.320. The number of anilines is 3. The van der Waals surface area contributed by atoms with Crippen molar-refractivity contribution in [3.05, 3.63) is 48.0 Å². The molecule has 132 valence electrons. The summed E-state index contributed by atoms with van der Waals surface area (Å²) < 4.78 is 5.86. The largest absolute Gasteiger partial charge is 0.487 e. The van der Waals surface area contributed by atoms with E-state index in [1.54, 1.807) is 0 Å². The molecule has 0 bridgehead atoms. The summed E-state index contributed by atoms with van der Waals surface area (Å²) in [5.74, 6) is 0.687. The predicted octanol–water partition coefficient (Wildman–Crippen LogP) is 3.45. The van der Waals surface area contributed by atoms with Crippen molar-refractivity contribution in [1.82, 2.24) is 0 Å². The molecule has 25 heavy (non-hydrogen) atoms. The third kappa shape index (κ3) is 3.71. The standard InChI is InChI=1S/C20H25N3O2/c1-4-15-5-8-17(9-6-15)22-20(24)14(3)23-12-13(2)25-19-11-16(21)7-10-18(19)23/h5-11,13-14H,4,12,21H2,1-3H3,(H,22,24). The van der Waals surface area contributed by atoms with Crippen LogP contribution < -0.4 is 20.7 Å². The zero-order chi connectivity index (χ0) is 18.0. The highest BCUT2D eigenvalue weighted by Crippen LogP contribution is 2.36. The maximum atomic E-state index is 12.7. The van der Waals surface area contributed by atoms with Crippen molar-refractivity contribution in [3.8, 4) is 5.75 Å². The van der Waals surface area contributed by atoms with Crippen LogP contribution in [-0.4, -0.2) is 24.6 Å². The van der Waals surface area contributed by atoms with E-state index >= 15 is 0 Å². The fourth-order valence-corrected chi connectivity index (χ4v) is 3.07. The van der Waals surface area contributed by atoms with Gasteiger partial charge in [-0.05, 0) is 50.1 Å². The molecule has 1 aliphatic heterocycles. The van der Waals surface area contributed by atoms with Crippen LogP contribution in [0.15, 0.2) is 42.5 Å². The molecule has 0 saturated heterocycles. The second-order valence-electron chi connectivity index (χ2n) is 6.52. The van der Waals surface area contributed by atoms with Crippen molar-refractivity contribution in [1.29, 1.82) is 0 Å². The lowest BCUT2D eigenvalue weighted by Gasteiger charge is -2.38. The highest BCUT2D eigenvalue weighted by atomic mass is 16.5. The van der Waals surface area contributed by atoms with Crippen LogP contribution in [0.4, 0.5) is 17.1 Å². The van der Waals surface area contributed by atoms with Gasteiger partial charge in [0.15, 0.2) is 0 Å². The maximum Gasteiger partial charge on any atom is 0.246 e. The lowest BCUT2D eigenvalue weighted by Crippen LogP contribution is -2.48. The van der Waals surface area contributed by atoms with Crippen molar-refractivity contribution in [2.45, 2.75) is 39.3 Å². The van der Waals surface area contributed by atoms with Gasteiger partial charge in [0, 0.05) is 17.4 Å². The van der Waals surface area contributed by atoms with Gasteiger partial charge in [0.25, 0.3) is 0 Å². The van der Waals surface area contributed by atoms with E-state index in [0.29, 0.717) is 12.2 Å². The van der Waals surface area contributed by atoms with E-state index in [1.807, 2.05) is 56.3 Å². The van der Waals surface area contributed by atoms with E-state index in [4.69, 9.17) is 10.5 Å². The highest BCUT2D eigenvalue weighted by Gasteiger charge is 2.30. The van der Waals surface area contributed by atoms with Crippen LogP contribution in [0.1, 0.15) is 26.3 Å². The zero-order valence-electron chi connectivity index (χ0n) is 15.0. The molecule has 5 heteroatoms. The Labute approximate surface area is 148 Å². The number of hydrogen-bond donors (Lipinski definition) is 2. The first-order valence-electron chi connectivity index (χ1n) is 8.70. The van der Waals surface area contributed by atoms with Crippen molar-refractivity contribution in [3.63, 3.8) is 0 Å². The molecule has 2 atom stereocenters. The lowest BCUT2D eigenvalue weighted by molar-refractivity contribution is -0.117. The number of amides is 1. The Morgan fingerprint density at radius 2 is 2.04 bits per heavy atom. The van der Waals surface area contributed by atoms with Gasteiger partial charge in [-0.15, -0.1) is 0 Å². The first kappa shape index (κ1) is 17.1. The zero-order valence-corrected chi connectivity index (χ0v) is 15.0. The Morgan fingerprint density at radius 3 is 2.72 bits per heavy atom. The number of nitrogens with two attached hydrogens (primary N) is 1. The second-order valence-corrected chi connectivity index (χ2v) is 6.52. The van der Waals surface area contributed by atoms with Gasteiger partial charge in [-0.2, -0.15) is 0 Å². The quantitative estimate of drug-likeness (QED) is 0.837. The normalized spacial score (nSPS) is 17.4. The van der Waals surface area contributed by atoms with Gasteiger partial charge in [-0.1, -0.05) is 19.1 Å². The number of hydrogen-bond acceptors (Lipinski definition) is 4. The number of benzene rings is 2. The molecule has 1 heterocycles. The summed E-state index contributed by atoms with van der Waals surface area (Å²) >= 11 is 0. The molecule has 2 unspecified atom stereocenters. The van der Waals surface area contributed by atoms with Crippen LogP contribution in [0.5, 0.6) is 5.75 Å². The summed E-state index contributed by atoms with van der Waals surface area (Å²) in [6.07, 6.45) is 0.976. The molecule has 0 spiro atoms. The van der Waals surface area contributed by atoms with Crippen LogP contribution in [0, 0.1) is 0 Å². The summed E-state index contributed by atoms with van der Waals surface area (Å²) in [6, 6.07) is 13.2. The van der Waals surface area contributed by atoms with Gasteiger partial charge in [-0.3, -0.25) is 4.79 Å². The molecule has 1 aliphatic rings. The van der Waals surface area contributed by atoms with Crippen LogP contribution in [0.25, 0.3) is 0 Å². The van der Waals surface area contributed by atoms with Crippen molar-refractivity contribution >= 4 is 23.0 Å². The Hall–Kier alpha value is -2.69. The number of nitrogens with one attached hydrogen (secondary N) is 1. The highest BCUT2D eigenvalue weighted by molar-refractivity contribution is 5.97. The number of ether oxygens (including phenoxy) is 1. The van der Waals surface area contributed by atoms with E-state index in [9.17, 15) is 4.79 Å². The molecule has 0 aliphatic carbocycles. The number of nitrogen functional groups attached to an aromatic ring is 1. The minimum Gasteiger partial charge on any atom is -0.487 e. The van der Waals surface area contributed by atoms with Crippen molar-refractivity contribution < 1.29 is 9.53 Å². The molecule has 2 aromatic rings. The van der Waals surface area contributed by atoms with E-state index in [1.165, 1.54) is 5.56 Å². The monoisotopic (exact) mass is 339 g/mol. The third-order valence-electron chi connectivity index (χ3n) is 4.55. The first-order valence-corrected chi connectivity index (χ1v) is 8.70. The topological polar surface area (TPSA) is 67.6 Å². The molecule has 0 fully saturated rings. The van der Waals surface area contributed by atoms with Crippen molar-refractivity contribution in [2.24, 2.45) is 0 Å². The van der Waals surface area contributed by atoms with E-state index < -0.39 is 0 Å². The van der Waals surface area contributed by atoms with Crippen molar-refractivity contribution in [2.75, 3.05) is 22.5 Å². The SMILES string of the molecule is CCc1ccc(NC(=O)C(C)N2CC(C)Oc3cc(N)ccc32)cc1. The average Bonchev–Trinajstić information content (AvgIpc) is 2.60. The van der Waals surface area contributed by atoms with Crippen LogP contribution in [0.2, 0.25) is 0 Å². The Balaban J connectivity index is 1.77. The molecular weight excluding hydrogens is 314 g/mol. The van der Waals surface area contributed by atoms with Gasteiger partial charge >= 0.3 is 0 Å². The Kier molecular flexibility index (Phi) is 4.83. The molecule has 0 radical (unpaired) electrons. The average molecular weight is 339 g/mol. The Morgan fingerprint density at radius 1 is 1.32 bits per heavy atom. The molecule has 0 saturated carbocycles. The third-order valence-corrected chi connectivity index (χ3v) is 4.55. The number of aryl methyl sites for hydroxylation is 1. The Bertz CT molecular complexity index is 758. The fraction of sp³-hybridized carbons (Fsp3) is 0.350.